The van der Waals surface area contributed by atoms with Crippen LogP contribution in [-0.4, -0.2) is 51.9 Å². The highest BCUT2D eigenvalue weighted by Gasteiger charge is 2.31. The van der Waals surface area contributed by atoms with E-state index in [0.717, 1.165) is 0 Å². The topological polar surface area (TPSA) is 90.2 Å². The average molecular weight is 434 g/mol. The van der Waals surface area contributed by atoms with Gasteiger partial charge in [0, 0.05) is 36.6 Å². The summed E-state index contributed by atoms with van der Waals surface area (Å²) in [6.07, 6.45) is 4.47. The number of aryl methyl sites for hydroxylation is 1. The fraction of sp³-hybridized carbons (Fsp3) is 0.316. The van der Waals surface area contributed by atoms with Crippen LogP contribution in [0.2, 0.25) is 5.02 Å². The molecule has 29 heavy (non-hydrogen) atoms. The molecular formula is C19H20ClN5O3S. The van der Waals surface area contributed by atoms with E-state index in [1.807, 2.05) is 0 Å². The maximum Gasteiger partial charge on any atom is 0.243 e. The standard InChI is InChI=1S/C19H20ClN5O3S/c1-14-3-4-15(20)13-17(14)29(26,27)24-11-7-16(8-12-24)28-19-6-5-18(22-23-19)25-10-2-9-21-25/h2-6,9-10,13,16H,7-8,11-12H2,1H3. The Labute approximate surface area is 174 Å². The van der Waals surface area contributed by atoms with E-state index in [9.17, 15) is 8.42 Å². The third-order valence-corrected chi connectivity index (χ3v) is 7.10. The summed E-state index contributed by atoms with van der Waals surface area (Å²) < 4.78 is 34.9. The summed E-state index contributed by atoms with van der Waals surface area (Å²) in [5.41, 5.74) is 0.681. The van der Waals surface area contributed by atoms with E-state index in [-0.39, 0.29) is 11.0 Å². The van der Waals surface area contributed by atoms with Gasteiger partial charge in [0.25, 0.3) is 0 Å². The van der Waals surface area contributed by atoms with Crippen LogP contribution in [0, 0.1) is 6.92 Å². The number of nitrogens with zero attached hydrogens (tertiary/aromatic N) is 5. The van der Waals surface area contributed by atoms with Gasteiger partial charge in [0.2, 0.25) is 15.9 Å². The molecule has 1 aliphatic rings. The highest BCUT2D eigenvalue weighted by molar-refractivity contribution is 7.89. The molecule has 3 aromatic rings. The van der Waals surface area contributed by atoms with Gasteiger partial charge in [-0.15, -0.1) is 10.2 Å². The molecule has 10 heteroatoms. The summed E-state index contributed by atoms with van der Waals surface area (Å²) in [5, 5.41) is 12.7. The fourth-order valence-electron chi connectivity index (χ4n) is 3.25. The van der Waals surface area contributed by atoms with Gasteiger partial charge in [-0.2, -0.15) is 9.40 Å². The average Bonchev–Trinajstić information content (AvgIpc) is 3.26. The molecule has 0 atom stereocenters. The minimum Gasteiger partial charge on any atom is -0.473 e. The van der Waals surface area contributed by atoms with Crippen LogP contribution < -0.4 is 4.74 Å². The number of piperidine rings is 1. The molecule has 0 amide bonds. The smallest absolute Gasteiger partial charge is 0.243 e. The second-order valence-electron chi connectivity index (χ2n) is 6.81. The van der Waals surface area contributed by atoms with Crippen molar-refractivity contribution in [3.63, 3.8) is 0 Å². The van der Waals surface area contributed by atoms with Crippen molar-refractivity contribution < 1.29 is 13.2 Å². The zero-order valence-corrected chi connectivity index (χ0v) is 17.3. The van der Waals surface area contributed by atoms with Crippen molar-refractivity contribution in [2.45, 2.75) is 30.8 Å². The molecule has 4 rings (SSSR count). The number of sulfonamides is 1. The Bertz CT molecular complexity index is 1080. The number of halogens is 1. The van der Waals surface area contributed by atoms with Gasteiger partial charge in [-0.05, 0) is 49.6 Å². The van der Waals surface area contributed by atoms with Gasteiger partial charge < -0.3 is 4.74 Å². The molecule has 1 aromatic carbocycles. The molecule has 0 aliphatic carbocycles. The van der Waals surface area contributed by atoms with Gasteiger partial charge in [0.1, 0.15) is 6.10 Å². The Morgan fingerprint density at radius 1 is 1.14 bits per heavy atom. The number of hydrogen-bond acceptors (Lipinski definition) is 6. The third kappa shape index (κ3) is 4.26. The number of hydrogen-bond donors (Lipinski definition) is 0. The van der Waals surface area contributed by atoms with Crippen LogP contribution in [-0.2, 0) is 10.0 Å². The molecular weight excluding hydrogens is 414 g/mol. The van der Waals surface area contributed by atoms with Crippen LogP contribution in [0.25, 0.3) is 5.82 Å². The van der Waals surface area contributed by atoms with Crippen LogP contribution in [0.5, 0.6) is 5.88 Å². The van der Waals surface area contributed by atoms with E-state index < -0.39 is 10.0 Å². The summed E-state index contributed by atoms with van der Waals surface area (Å²) in [6, 6.07) is 10.2. The van der Waals surface area contributed by atoms with Crippen LogP contribution in [0.1, 0.15) is 18.4 Å². The first-order chi connectivity index (χ1) is 13.9. The Hall–Kier alpha value is -2.49. The molecule has 152 valence electrons. The summed E-state index contributed by atoms with van der Waals surface area (Å²) >= 11 is 6.00. The fourth-order valence-corrected chi connectivity index (χ4v) is 5.21. The second kappa shape index (κ2) is 8.10. The summed E-state index contributed by atoms with van der Waals surface area (Å²) in [5.74, 6) is 1.01. The second-order valence-corrected chi connectivity index (χ2v) is 9.15. The van der Waals surface area contributed by atoms with Crippen LogP contribution in [0.3, 0.4) is 0 Å². The van der Waals surface area contributed by atoms with E-state index in [0.29, 0.717) is 48.2 Å². The molecule has 0 spiro atoms. The van der Waals surface area contributed by atoms with Gasteiger partial charge in [0.05, 0.1) is 4.90 Å². The summed E-state index contributed by atoms with van der Waals surface area (Å²) in [4.78, 5) is 0.254. The van der Waals surface area contributed by atoms with Crippen LogP contribution >= 0.6 is 11.6 Å². The highest BCUT2D eigenvalue weighted by atomic mass is 35.5. The molecule has 3 heterocycles. The lowest BCUT2D eigenvalue weighted by Gasteiger charge is -2.31. The number of rotatable bonds is 5. The van der Waals surface area contributed by atoms with Gasteiger partial charge in [-0.25, -0.2) is 13.1 Å². The van der Waals surface area contributed by atoms with Crippen LogP contribution in [0.15, 0.2) is 53.7 Å². The van der Waals surface area contributed by atoms with Crippen molar-refractivity contribution in [1.29, 1.82) is 0 Å². The Morgan fingerprint density at radius 2 is 1.93 bits per heavy atom. The lowest BCUT2D eigenvalue weighted by molar-refractivity contribution is 0.128. The predicted molar refractivity (Wildman–Crippen MR) is 108 cm³/mol. The first kappa shape index (κ1) is 19.8. The lowest BCUT2D eigenvalue weighted by atomic mass is 10.1. The van der Waals surface area contributed by atoms with E-state index in [1.165, 1.54) is 10.4 Å². The largest absolute Gasteiger partial charge is 0.473 e. The minimum absolute atomic E-state index is 0.119. The normalized spacial score (nSPS) is 16.1. The summed E-state index contributed by atoms with van der Waals surface area (Å²) in [6.45, 7) is 2.51. The Kier molecular flexibility index (Phi) is 5.53. The monoisotopic (exact) mass is 433 g/mol. The van der Waals surface area contributed by atoms with Gasteiger partial charge >= 0.3 is 0 Å². The van der Waals surface area contributed by atoms with E-state index in [4.69, 9.17) is 16.3 Å². The van der Waals surface area contributed by atoms with E-state index in [1.54, 1.807) is 54.3 Å². The Balaban J connectivity index is 1.38. The molecule has 1 fully saturated rings. The molecule has 1 aliphatic heterocycles. The number of aromatic nitrogens is 4. The van der Waals surface area contributed by atoms with Crippen molar-refractivity contribution in [3.8, 4) is 11.7 Å². The molecule has 0 radical (unpaired) electrons. The molecule has 2 aromatic heterocycles. The Morgan fingerprint density at radius 3 is 2.59 bits per heavy atom. The van der Waals surface area contributed by atoms with Gasteiger partial charge in [-0.1, -0.05) is 17.7 Å². The van der Waals surface area contributed by atoms with Gasteiger partial charge in [0.15, 0.2) is 5.82 Å². The van der Waals surface area contributed by atoms with E-state index in [2.05, 4.69) is 15.3 Å². The molecule has 0 unspecified atom stereocenters. The van der Waals surface area contributed by atoms with Gasteiger partial charge in [-0.3, -0.25) is 0 Å². The molecule has 0 saturated carbocycles. The van der Waals surface area contributed by atoms with Crippen molar-refractivity contribution >= 4 is 21.6 Å². The lowest BCUT2D eigenvalue weighted by Crippen LogP contribution is -2.42. The number of ether oxygens (including phenoxy) is 1. The predicted octanol–water partition coefficient (Wildman–Crippen LogP) is 2.86. The zero-order valence-electron chi connectivity index (χ0n) is 15.8. The van der Waals surface area contributed by atoms with Crippen molar-refractivity contribution in [1.82, 2.24) is 24.3 Å². The first-order valence-corrected chi connectivity index (χ1v) is 11.0. The number of benzene rings is 1. The molecule has 8 nitrogen and oxygen atoms in total. The summed E-state index contributed by atoms with van der Waals surface area (Å²) in [7, 11) is -3.59. The highest BCUT2D eigenvalue weighted by Crippen LogP contribution is 2.27. The van der Waals surface area contributed by atoms with Crippen molar-refractivity contribution in [2.75, 3.05) is 13.1 Å². The quantitative estimate of drug-likeness (QED) is 0.614. The van der Waals surface area contributed by atoms with E-state index >= 15 is 0 Å². The SMILES string of the molecule is Cc1ccc(Cl)cc1S(=O)(=O)N1CCC(Oc2ccc(-n3cccn3)nn2)CC1. The zero-order chi connectivity index (χ0) is 20.4. The van der Waals surface area contributed by atoms with Crippen molar-refractivity contribution in [3.05, 3.63) is 59.4 Å². The molecule has 1 saturated heterocycles. The first-order valence-electron chi connectivity index (χ1n) is 9.20. The maximum absolute atomic E-state index is 13.0. The molecule has 0 bridgehead atoms. The third-order valence-electron chi connectivity index (χ3n) is 4.82. The van der Waals surface area contributed by atoms with Crippen molar-refractivity contribution in [2.24, 2.45) is 0 Å². The maximum atomic E-state index is 13.0. The van der Waals surface area contributed by atoms with Crippen LogP contribution in [0.4, 0.5) is 0 Å². The molecule has 0 N–H and O–H groups in total. The minimum atomic E-state index is -3.59.